The van der Waals surface area contributed by atoms with Crippen molar-refractivity contribution in [1.29, 1.82) is 0 Å². The smallest absolute Gasteiger partial charge is 0.314 e. The monoisotopic (exact) mass is 222 g/mol. The molecule has 16 heavy (non-hydrogen) atoms. The second kappa shape index (κ2) is 3.89. The minimum atomic E-state index is -1.05. The van der Waals surface area contributed by atoms with Gasteiger partial charge in [0.2, 0.25) is 0 Å². The molecule has 2 nitrogen and oxygen atoms in total. The normalized spacial score (nSPS) is 19.9. The average Bonchev–Trinajstić information content (AvgIpc) is 2.15. The molecule has 0 radical (unpaired) electrons. The maximum absolute atomic E-state index is 13.2. The molecule has 1 saturated carbocycles. The molecule has 0 bridgehead atoms. The average molecular weight is 222 g/mol. The third-order valence-corrected chi connectivity index (χ3v) is 3.52. The summed E-state index contributed by atoms with van der Waals surface area (Å²) in [6, 6.07) is 6.92. The van der Waals surface area contributed by atoms with Crippen molar-refractivity contribution in [2.45, 2.75) is 37.8 Å². The fourth-order valence-corrected chi connectivity index (χ4v) is 2.24. The van der Waals surface area contributed by atoms with E-state index in [1.165, 1.54) is 6.92 Å². The Balaban J connectivity index is 2.39. The number of aliphatic carboxylic acids is 1. The van der Waals surface area contributed by atoms with Crippen molar-refractivity contribution in [3.05, 3.63) is 35.4 Å². The highest BCUT2D eigenvalue weighted by Gasteiger charge is 2.45. The lowest BCUT2D eigenvalue weighted by molar-refractivity contribution is -0.147. The van der Waals surface area contributed by atoms with Crippen LogP contribution in [0.4, 0.5) is 4.39 Å². The SMILES string of the molecule is CC(F)c1cccc(C2(C(=O)O)CCC2)c1. The van der Waals surface area contributed by atoms with Crippen molar-refractivity contribution in [3.8, 4) is 0 Å². The summed E-state index contributed by atoms with van der Waals surface area (Å²) in [5, 5.41) is 9.27. The molecule has 1 fully saturated rings. The maximum atomic E-state index is 13.2. The summed E-state index contributed by atoms with van der Waals surface area (Å²) in [6.45, 7) is 1.47. The summed E-state index contributed by atoms with van der Waals surface area (Å²) in [6.07, 6.45) is 1.20. The number of alkyl halides is 1. The Morgan fingerprint density at radius 1 is 1.50 bits per heavy atom. The Labute approximate surface area is 94.1 Å². The number of carboxylic acid groups (broad SMARTS) is 1. The molecule has 1 N–H and O–H groups in total. The quantitative estimate of drug-likeness (QED) is 0.852. The molecule has 3 heteroatoms. The van der Waals surface area contributed by atoms with Crippen LogP contribution in [-0.2, 0) is 10.2 Å². The van der Waals surface area contributed by atoms with Crippen LogP contribution in [0, 0.1) is 0 Å². The second-order valence-electron chi connectivity index (χ2n) is 4.48. The zero-order chi connectivity index (χ0) is 11.8. The molecule has 1 atom stereocenters. The maximum Gasteiger partial charge on any atom is 0.314 e. The summed E-state index contributed by atoms with van der Waals surface area (Å²) in [5.41, 5.74) is 0.545. The lowest BCUT2D eigenvalue weighted by Crippen LogP contribution is -2.42. The van der Waals surface area contributed by atoms with Gasteiger partial charge in [0.15, 0.2) is 0 Å². The summed E-state index contributed by atoms with van der Waals surface area (Å²) >= 11 is 0. The van der Waals surface area contributed by atoms with Crippen LogP contribution in [0.15, 0.2) is 24.3 Å². The van der Waals surface area contributed by atoms with Gasteiger partial charge in [0, 0.05) is 0 Å². The number of hydrogen-bond acceptors (Lipinski definition) is 1. The van der Waals surface area contributed by atoms with E-state index in [1.807, 2.05) is 0 Å². The van der Waals surface area contributed by atoms with E-state index in [0.717, 1.165) is 12.0 Å². The molecule has 0 amide bonds. The highest BCUT2D eigenvalue weighted by Crippen LogP contribution is 2.44. The Bertz CT molecular complexity index is 408. The van der Waals surface area contributed by atoms with E-state index < -0.39 is 17.6 Å². The fraction of sp³-hybridized carbons (Fsp3) is 0.462. The van der Waals surface area contributed by atoms with Crippen LogP contribution in [0.2, 0.25) is 0 Å². The first kappa shape index (κ1) is 11.1. The zero-order valence-corrected chi connectivity index (χ0v) is 9.24. The second-order valence-corrected chi connectivity index (χ2v) is 4.48. The fourth-order valence-electron chi connectivity index (χ4n) is 2.24. The Hall–Kier alpha value is -1.38. The van der Waals surface area contributed by atoms with Crippen LogP contribution in [0.1, 0.15) is 43.5 Å². The van der Waals surface area contributed by atoms with Gasteiger partial charge >= 0.3 is 5.97 Å². The first-order valence-electron chi connectivity index (χ1n) is 5.54. The van der Waals surface area contributed by atoms with E-state index in [2.05, 4.69) is 0 Å². The first-order valence-corrected chi connectivity index (χ1v) is 5.54. The molecule has 0 spiro atoms. The van der Waals surface area contributed by atoms with Crippen LogP contribution >= 0.6 is 0 Å². The van der Waals surface area contributed by atoms with Crippen LogP contribution < -0.4 is 0 Å². The molecular formula is C13H15FO2. The molecule has 0 aliphatic heterocycles. The summed E-state index contributed by atoms with van der Waals surface area (Å²) in [4.78, 5) is 11.3. The lowest BCUT2D eigenvalue weighted by Gasteiger charge is -2.38. The Morgan fingerprint density at radius 3 is 2.62 bits per heavy atom. The number of rotatable bonds is 3. The molecule has 1 aliphatic rings. The van der Waals surface area contributed by atoms with Crippen molar-refractivity contribution in [2.75, 3.05) is 0 Å². The predicted octanol–water partition coefficient (Wildman–Crippen LogP) is 3.22. The number of hydrogen-bond donors (Lipinski definition) is 1. The van der Waals surface area contributed by atoms with Crippen LogP contribution in [0.3, 0.4) is 0 Å². The van der Waals surface area contributed by atoms with E-state index >= 15 is 0 Å². The van der Waals surface area contributed by atoms with Crippen molar-refractivity contribution in [1.82, 2.24) is 0 Å². The van der Waals surface area contributed by atoms with Gasteiger partial charge in [-0.15, -0.1) is 0 Å². The molecule has 1 aromatic rings. The Morgan fingerprint density at radius 2 is 2.19 bits per heavy atom. The minimum absolute atomic E-state index is 0.560. The highest BCUT2D eigenvalue weighted by molar-refractivity contribution is 5.82. The van der Waals surface area contributed by atoms with Crippen LogP contribution in [-0.4, -0.2) is 11.1 Å². The molecular weight excluding hydrogens is 207 g/mol. The van der Waals surface area contributed by atoms with E-state index in [9.17, 15) is 14.3 Å². The molecule has 0 heterocycles. The molecule has 2 rings (SSSR count). The standard InChI is InChI=1S/C13H15FO2/c1-9(14)10-4-2-5-11(8-10)13(12(15)16)6-3-7-13/h2,4-5,8-9H,3,6-7H2,1H3,(H,15,16). The molecule has 0 saturated heterocycles. The van der Waals surface area contributed by atoms with Gasteiger partial charge < -0.3 is 5.11 Å². The zero-order valence-electron chi connectivity index (χ0n) is 9.24. The van der Waals surface area contributed by atoms with Crippen LogP contribution in [0.5, 0.6) is 0 Å². The topological polar surface area (TPSA) is 37.3 Å². The van der Waals surface area contributed by atoms with Gasteiger partial charge in [0.1, 0.15) is 6.17 Å². The predicted molar refractivity (Wildman–Crippen MR) is 59.1 cm³/mol. The molecule has 1 unspecified atom stereocenters. The van der Waals surface area contributed by atoms with Crippen molar-refractivity contribution >= 4 is 5.97 Å². The van der Waals surface area contributed by atoms with Gasteiger partial charge in [-0.2, -0.15) is 0 Å². The van der Waals surface area contributed by atoms with Crippen LogP contribution in [0.25, 0.3) is 0 Å². The van der Waals surface area contributed by atoms with Gasteiger partial charge in [-0.25, -0.2) is 4.39 Å². The third-order valence-electron chi connectivity index (χ3n) is 3.52. The lowest BCUT2D eigenvalue weighted by atomic mass is 9.64. The molecule has 1 aliphatic carbocycles. The molecule has 0 aromatic heterocycles. The van der Waals surface area contributed by atoms with E-state index in [-0.39, 0.29) is 0 Å². The van der Waals surface area contributed by atoms with Gasteiger partial charge in [-0.1, -0.05) is 30.7 Å². The third kappa shape index (κ3) is 1.60. The Kier molecular flexibility index (Phi) is 2.70. The number of carbonyl (C=O) groups is 1. The first-order chi connectivity index (χ1) is 7.56. The summed E-state index contributed by atoms with van der Waals surface area (Å²) in [5.74, 6) is -0.789. The van der Waals surface area contributed by atoms with E-state index in [4.69, 9.17) is 0 Å². The highest BCUT2D eigenvalue weighted by atomic mass is 19.1. The summed E-state index contributed by atoms with van der Waals surface area (Å²) < 4.78 is 13.2. The van der Waals surface area contributed by atoms with Crippen molar-refractivity contribution < 1.29 is 14.3 Å². The minimum Gasteiger partial charge on any atom is -0.481 e. The van der Waals surface area contributed by atoms with Gasteiger partial charge in [0.05, 0.1) is 5.41 Å². The molecule has 86 valence electrons. The van der Waals surface area contributed by atoms with Gasteiger partial charge in [-0.3, -0.25) is 4.79 Å². The van der Waals surface area contributed by atoms with Gasteiger partial charge in [0.25, 0.3) is 0 Å². The van der Waals surface area contributed by atoms with Gasteiger partial charge in [-0.05, 0) is 30.9 Å². The number of benzene rings is 1. The number of carboxylic acids is 1. The largest absolute Gasteiger partial charge is 0.481 e. The van der Waals surface area contributed by atoms with E-state index in [0.29, 0.717) is 18.4 Å². The summed E-state index contributed by atoms with van der Waals surface area (Å²) in [7, 11) is 0. The van der Waals surface area contributed by atoms with Crippen molar-refractivity contribution in [3.63, 3.8) is 0 Å². The molecule has 1 aromatic carbocycles. The number of halogens is 1. The van der Waals surface area contributed by atoms with E-state index in [1.54, 1.807) is 24.3 Å². The van der Waals surface area contributed by atoms with Crippen molar-refractivity contribution in [2.24, 2.45) is 0 Å².